The molecule has 1 aliphatic rings. The Morgan fingerprint density at radius 1 is 0.933 bits per heavy atom. The SMILES string of the molecule is CC(C)C(C)(C)C.CC(C)C1(C)CCC1. The molecule has 0 aliphatic heterocycles. The summed E-state index contributed by atoms with van der Waals surface area (Å²) < 4.78 is 0. The number of hydrogen-bond acceptors (Lipinski definition) is 0. The van der Waals surface area contributed by atoms with Crippen LogP contribution in [-0.4, -0.2) is 0 Å². The van der Waals surface area contributed by atoms with E-state index in [-0.39, 0.29) is 0 Å². The van der Waals surface area contributed by atoms with E-state index in [0.29, 0.717) is 5.41 Å². The first-order valence-electron chi connectivity index (χ1n) is 6.59. The molecule has 0 saturated heterocycles. The van der Waals surface area contributed by atoms with Crippen LogP contribution < -0.4 is 0 Å². The second kappa shape index (κ2) is 5.37. The molecule has 92 valence electrons. The largest absolute Gasteiger partial charge is 0.0623 e. The van der Waals surface area contributed by atoms with Crippen molar-refractivity contribution in [3.05, 3.63) is 0 Å². The van der Waals surface area contributed by atoms with Gasteiger partial charge in [-0.05, 0) is 35.5 Å². The Bertz CT molecular complexity index is 165. The quantitative estimate of drug-likeness (QED) is 0.537. The molecule has 1 aliphatic carbocycles. The van der Waals surface area contributed by atoms with Crippen molar-refractivity contribution < 1.29 is 0 Å². The molecule has 0 nitrogen and oxygen atoms in total. The number of hydrogen-bond donors (Lipinski definition) is 0. The summed E-state index contributed by atoms with van der Waals surface area (Å²) >= 11 is 0. The lowest BCUT2D eigenvalue weighted by Gasteiger charge is -2.42. The Morgan fingerprint density at radius 3 is 1.27 bits per heavy atom. The van der Waals surface area contributed by atoms with Crippen LogP contribution in [0.5, 0.6) is 0 Å². The van der Waals surface area contributed by atoms with Crippen LogP contribution in [0.3, 0.4) is 0 Å². The lowest BCUT2D eigenvalue weighted by Crippen LogP contribution is -2.30. The molecule has 1 rings (SSSR count). The zero-order valence-electron chi connectivity index (χ0n) is 12.3. The highest BCUT2D eigenvalue weighted by Crippen LogP contribution is 2.46. The fourth-order valence-corrected chi connectivity index (χ4v) is 1.31. The fraction of sp³-hybridized carbons (Fsp3) is 1.00. The highest BCUT2D eigenvalue weighted by molar-refractivity contribution is 4.85. The van der Waals surface area contributed by atoms with Gasteiger partial charge in [-0.3, -0.25) is 0 Å². The van der Waals surface area contributed by atoms with E-state index in [2.05, 4.69) is 55.4 Å². The Morgan fingerprint density at radius 2 is 1.27 bits per heavy atom. The van der Waals surface area contributed by atoms with Crippen LogP contribution in [0.25, 0.3) is 0 Å². The molecule has 1 saturated carbocycles. The molecular formula is C15H32. The molecule has 0 N–H and O–H groups in total. The van der Waals surface area contributed by atoms with Crippen LogP contribution in [0.2, 0.25) is 0 Å². The monoisotopic (exact) mass is 212 g/mol. The van der Waals surface area contributed by atoms with Crippen LogP contribution in [0.15, 0.2) is 0 Å². The van der Waals surface area contributed by atoms with Gasteiger partial charge in [0, 0.05) is 0 Å². The summed E-state index contributed by atoms with van der Waals surface area (Å²) in [6.07, 6.45) is 4.39. The predicted molar refractivity (Wildman–Crippen MR) is 71.1 cm³/mol. The average molecular weight is 212 g/mol. The molecule has 0 unspecified atom stereocenters. The lowest BCUT2D eigenvalue weighted by atomic mass is 9.64. The maximum absolute atomic E-state index is 2.40. The van der Waals surface area contributed by atoms with E-state index in [4.69, 9.17) is 0 Å². The average Bonchev–Trinajstić information content (AvgIpc) is 1.99. The van der Waals surface area contributed by atoms with Crippen molar-refractivity contribution in [2.75, 3.05) is 0 Å². The Labute approximate surface area is 97.8 Å². The maximum Gasteiger partial charge on any atom is -0.0303 e. The molecule has 0 aromatic carbocycles. The van der Waals surface area contributed by atoms with Gasteiger partial charge in [-0.1, -0.05) is 61.8 Å². The van der Waals surface area contributed by atoms with Crippen molar-refractivity contribution in [2.24, 2.45) is 22.7 Å². The summed E-state index contributed by atoms with van der Waals surface area (Å²) in [7, 11) is 0. The van der Waals surface area contributed by atoms with E-state index in [1.54, 1.807) is 0 Å². The molecule has 0 heterocycles. The van der Waals surface area contributed by atoms with Crippen LogP contribution in [0.1, 0.15) is 74.7 Å². The highest BCUT2D eigenvalue weighted by atomic mass is 14.4. The summed E-state index contributed by atoms with van der Waals surface area (Å²) in [6.45, 7) is 18.4. The van der Waals surface area contributed by atoms with E-state index in [9.17, 15) is 0 Å². The maximum atomic E-state index is 2.40. The molecule has 15 heavy (non-hydrogen) atoms. The summed E-state index contributed by atoms with van der Waals surface area (Å²) in [5, 5.41) is 0. The minimum absolute atomic E-state index is 0.500. The predicted octanol–water partition coefficient (Wildman–Crippen LogP) is 5.52. The van der Waals surface area contributed by atoms with Gasteiger partial charge < -0.3 is 0 Å². The van der Waals surface area contributed by atoms with E-state index in [0.717, 1.165) is 17.3 Å². The molecule has 0 aromatic rings. The third-order valence-corrected chi connectivity index (χ3v) is 4.62. The summed E-state index contributed by atoms with van der Waals surface area (Å²) in [5.41, 5.74) is 1.22. The van der Waals surface area contributed by atoms with Gasteiger partial charge >= 0.3 is 0 Å². The van der Waals surface area contributed by atoms with E-state index < -0.39 is 0 Å². The third kappa shape index (κ3) is 5.04. The van der Waals surface area contributed by atoms with Crippen LogP contribution in [-0.2, 0) is 0 Å². The minimum atomic E-state index is 0.500. The molecule has 0 bridgehead atoms. The van der Waals surface area contributed by atoms with Crippen molar-refractivity contribution >= 4 is 0 Å². The molecule has 1 fully saturated rings. The van der Waals surface area contributed by atoms with Crippen molar-refractivity contribution in [1.29, 1.82) is 0 Å². The van der Waals surface area contributed by atoms with E-state index in [1.807, 2.05) is 0 Å². The summed E-state index contributed by atoms with van der Waals surface area (Å²) in [5.74, 6) is 1.70. The van der Waals surface area contributed by atoms with Gasteiger partial charge in [-0.25, -0.2) is 0 Å². The molecule has 0 atom stereocenters. The Balaban J connectivity index is 0.000000265. The van der Waals surface area contributed by atoms with E-state index >= 15 is 0 Å². The first-order chi connectivity index (χ1) is 6.59. The smallest absolute Gasteiger partial charge is 0.0303 e. The lowest BCUT2D eigenvalue weighted by molar-refractivity contribution is 0.0934. The van der Waals surface area contributed by atoms with Crippen molar-refractivity contribution in [3.63, 3.8) is 0 Å². The van der Waals surface area contributed by atoms with Gasteiger partial charge in [0.1, 0.15) is 0 Å². The number of rotatable bonds is 1. The normalized spacial score (nSPS) is 19.6. The van der Waals surface area contributed by atoms with Gasteiger partial charge in [0.05, 0.1) is 0 Å². The van der Waals surface area contributed by atoms with Gasteiger partial charge in [0.2, 0.25) is 0 Å². The van der Waals surface area contributed by atoms with Crippen molar-refractivity contribution in [3.8, 4) is 0 Å². The first kappa shape index (κ1) is 15.0. The highest BCUT2D eigenvalue weighted by Gasteiger charge is 2.34. The van der Waals surface area contributed by atoms with Gasteiger partial charge in [-0.2, -0.15) is 0 Å². The summed E-state index contributed by atoms with van der Waals surface area (Å²) in [6, 6.07) is 0. The van der Waals surface area contributed by atoms with Crippen LogP contribution >= 0.6 is 0 Å². The molecule has 0 amide bonds. The topological polar surface area (TPSA) is 0 Å². The van der Waals surface area contributed by atoms with Crippen LogP contribution in [0, 0.1) is 22.7 Å². The van der Waals surface area contributed by atoms with E-state index in [1.165, 1.54) is 19.3 Å². The zero-order valence-corrected chi connectivity index (χ0v) is 12.3. The zero-order chi connectivity index (χ0) is 12.3. The third-order valence-electron chi connectivity index (χ3n) is 4.62. The molecule has 0 radical (unpaired) electrons. The van der Waals surface area contributed by atoms with Gasteiger partial charge in [-0.15, -0.1) is 0 Å². The van der Waals surface area contributed by atoms with Gasteiger partial charge in [0.25, 0.3) is 0 Å². The van der Waals surface area contributed by atoms with Crippen molar-refractivity contribution in [2.45, 2.75) is 74.7 Å². The Hall–Kier alpha value is 0. The summed E-state index contributed by atoms with van der Waals surface area (Å²) in [4.78, 5) is 0. The first-order valence-corrected chi connectivity index (χ1v) is 6.59. The minimum Gasteiger partial charge on any atom is -0.0623 e. The second-order valence-electron chi connectivity index (χ2n) is 7.18. The molecule has 0 aromatic heterocycles. The van der Waals surface area contributed by atoms with Gasteiger partial charge in [0.15, 0.2) is 0 Å². The molecule has 0 spiro atoms. The molecular weight excluding hydrogens is 180 g/mol. The van der Waals surface area contributed by atoms with Crippen molar-refractivity contribution in [1.82, 2.24) is 0 Å². The standard InChI is InChI=1S/C8H16.C7H16/c1-7(2)8(3)5-4-6-8;1-6(2)7(3,4)5/h7H,4-6H2,1-3H3;6H,1-5H3. The Kier molecular flexibility index (Phi) is 5.37. The molecule has 0 heteroatoms. The van der Waals surface area contributed by atoms with Crippen LogP contribution in [0.4, 0.5) is 0 Å². The second-order valence-corrected chi connectivity index (χ2v) is 7.18. The fourth-order valence-electron chi connectivity index (χ4n) is 1.31.